The molecule has 0 aliphatic carbocycles. The number of hydrogen-bond donors (Lipinski definition) is 2. The second-order valence-electron chi connectivity index (χ2n) is 5.50. The highest BCUT2D eigenvalue weighted by Crippen LogP contribution is 2.31. The van der Waals surface area contributed by atoms with E-state index in [0.717, 1.165) is 0 Å². The number of benzene rings is 1. The molecule has 0 aliphatic rings. The largest absolute Gasteiger partial charge is 0.506 e. The van der Waals surface area contributed by atoms with Gasteiger partial charge in [0.05, 0.1) is 11.2 Å². The summed E-state index contributed by atoms with van der Waals surface area (Å²) in [4.78, 5) is 18.4. The van der Waals surface area contributed by atoms with Gasteiger partial charge >= 0.3 is 0 Å². The van der Waals surface area contributed by atoms with Gasteiger partial charge in [0.15, 0.2) is 5.82 Å². The second-order valence-corrected chi connectivity index (χ2v) is 5.50. The number of pyridine rings is 2. The molecule has 0 aliphatic heterocycles. The van der Waals surface area contributed by atoms with Crippen LogP contribution in [0.3, 0.4) is 0 Å². The van der Waals surface area contributed by atoms with Crippen LogP contribution in [0.15, 0.2) is 41.3 Å². The van der Waals surface area contributed by atoms with Crippen LogP contribution in [0.25, 0.3) is 22.0 Å². The minimum atomic E-state index is -0.819. The topological polar surface area (TPSA) is 66.0 Å². The number of nitrogens with one attached hydrogen (secondary N) is 1. The number of rotatable bonds is 2. The van der Waals surface area contributed by atoms with Gasteiger partial charge in [0.1, 0.15) is 5.75 Å². The van der Waals surface area contributed by atoms with Crippen molar-refractivity contribution in [1.29, 1.82) is 0 Å². The molecule has 112 valence electrons. The number of nitrogens with zero attached hydrogens (tertiary/aromatic N) is 1. The Bertz CT molecular complexity index is 916. The van der Waals surface area contributed by atoms with Gasteiger partial charge in [-0.3, -0.25) is 9.78 Å². The Morgan fingerprint density at radius 2 is 2.05 bits per heavy atom. The molecule has 2 N–H and O–H groups in total. The number of aromatic amines is 1. The third kappa shape index (κ3) is 2.35. The van der Waals surface area contributed by atoms with Gasteiger partial charge in [-0.2, -0.15) is 0 Å². The van der Waals surface area contributed by atoms with E-state index in [-0.39, 0.29) is 11.7 Å². The summed E-state index contributed by atoms with van der Waals surface area (Å²) in [5.74, 6) is -0.606. The molecule has 0 amide bonds. The van der Waals surface area contributed by atoms with E-state index in [1.54, 1.807) is 30.5 Å². The smallest absolute Gasteiger partial charge is 0.284 e. The molecular weight excluding hydrogens is 283 g/mol. The van der Waals surface area contributed by atoms with Crippen molar-refractivity contribution in [3.8, 4) is 16.9 Å². The monoisotopic (exact) mass is 298 g/mol. The minimum absolute atomic E-state index is 0.106. The summed E-state index contributed by atoms with van der Waals surface area (Å²) in [6, 6.07) is 8.09. The van der Waals surface area contributed by atoms with Crippen LogP contribution < -0.4 is 5.56 Å². The summed E-state index contributed by atoms with van der Waals surface area (Å²) in [6.07, 6.45) is 1.64. The Hall–Kier alpha value is -2.69. The van der Waals surface area contributed by atoms with Crippen LogP contribution in [0.4, 0.5) is 4.39 Å². The number of aromatic nitrogens is 2. The molecule has 2 heterocycles. The quantitative estimate of drug-likeness (QED) is 0.760. The maximum absolute atomic E-state index is 13.4. The highest BCUT2D eigenvalue weighted by Gasteiger charge is 2.12. The molecule has 3 rings (SSSR count). The van der Waals surface area contributed by atoms with Crippen LogP contribution in [0.2, 0.25) is 0 Å². The average Bonchev–Trinajstić information content (AvgIpc) is 2.47. The lowest BCUT2D eigenvalue weighted by atomic mass is 10.0. The Morgan fingerprint density at radius 1 is 1.27 bits per heavy atom. The van der Waals surface area contributed by atoms with Crippen LogP contribution in [0.1, 0.15) is 25.5 Å². The SMILES string of the molecule is CC(C)c1ncc(-c2cccc3cc(F)c(=O)[nH]c23)cc1O. The first-order valence-corrected chi connectivity index (χ1v) is 6.98. The zero-order valence-corrected chi connectivity index (χ0v) is 12.2. The first-order valence-electron chi connectivity index (χ1n) is 6.98. The van der Waals surface area contributed by atoms with Crippen LogP contribution in [0, 0.1) is 5.82 Å². The number of aromatic hydroxyl groups is 1. The van der Waals surface area contributed by atoms with Crippen LogP contribution in [-0.2, 0) is 0 Å². The number of H-pyrrole nitrogens is 1. The van der Waals surface area contributed by atoms with Crippen molar-refractivity contribution in [2.24, 2.45) is 0 Å². The predicted molar refractivity (Wildman–Crippen MR) is 83.5 cm³/mol. The van der Waals surface area contributed by atoms with Gasteiger partial charge in [-0.15, -0.1) is 0 Å². The first-order chi connectivity index (χ1) is 10.5. The number of hydrogen-bond acceptors (Lipinski definition) is 3. The van der Waals surface area contributed by atoms with Gasteiger partial charge in [0.2, 0.25) is 0 Å². The predicted octanol–water partition coefficient (Wildman–Crippen LogP) is 3.56. The van der Waals surface area contributed by atoms with Gasteiger partial charge in [0, 0.05) is 22.7 Å². The molecule has 0 atom stereocenters. The number of halogens is 1. The minimum Gasteiger partial charge on any atom is -0.506 e. The lowest BCUT2D eigenvalue weighted by Gasteiger charge is -2.11. The van der Waals surface area contributed by atoms with E-state index >= 15 is 0 Å². The third-order valence-corrected chi connectivity index (χ3v) is 3.59. The average molecular weight is 298 g/mol. The van der Waals surface area contributed by atoms with Crippen LogP contribution >= 0.6 is 0 Å². The maximum atomic E-state index is 13.4. The standard InChI is InChI=1S/C17H15FN2O2/c1-9(2)15-14(21)7-11(8-19-15)12-5-3-4-10-6-13(18)17(22)20-16(10)12/h3-9,21H,1-2H3,(H,20,22). The van der Waals surface area contributed by atoms with Crippen LogP contribution in [-0.4, -0.2) is 15.1 Å². The van der Waals surface area contributed by atoms with Gasteiger partial charge < -0.3 is 10.1 Å². The number of fused-ring (bicyclic) bond motifs is 1. The zero-order chi connectivity index (χ0) is 15.9. The van der Waals surface area contributed by atoms with Crippen molar-refractivity contribution >= 4 is 10.9 Å². The highest BCUT2D eigenvalue weighted by molar-refractivity contribution is 5.93. The van der Waals surface area contributed by atoms with Crippen molar-refractivity contribution in [3.63, 3.8) is 0 Å². The molecule has 2 aromatic heterocycles. The van der Waals surface area contributed by atoms with E-state index in [1.807, 2.05) is 13.8 Å². The summed E-state index contributed by atoms with van der Waals surface area (Å²) in [6.45, 7) is 3.89. The molecular formula is C17H15FN2O2. The Kier molecular flexibility index (Phi) is 3.41. The molecule has 0 saturated heterocycles. The van der Waals surface area contributed by atoms with E-state index in [4.69, 9.17) is 0 Å². The second kappa shape index (κ2) is 5.26. The fraction of sp³-hybridized carbons (Fsp3) is 0.176. The van der Waals surface area contributed by atoms with E-state index in [0.29, 0.717) is 27.7 Å². The van der Waals surface area contributed by atoms with Crippen molar-refractivity contribution in [2.75, 3.05) is 0 Å². The highest BCUT2D eigenvalue weighted by atomic mass is 19.1. The molecule has 0 radical (unpaired) electrons. The van der Waals surface area contributed by atoms with Gasteiger partial charge in [-0.25, -0.2) is 4.39 Å². The van der Waals surface area contributed by atoms with Crippen molar-refractivity contribution in [3.05, 3.63) is 58.4 Å². The summed E-state index contributed by atoms with van der Waals surface area (Å²) >= 11 is 0. The van der Waals surface area contributed by atoms with E-state index in [2.05, 4.69) is 9.97 Å². The summed E-state index contributed by atoms with van der Waals surface area (Å²) in [5.41, 5.74) is 1.72. The first kappa shape index (κ1) is 14.3. The summed E-state index contributed by atoms with van der Waals surface area (Å²) < 4.78 is 13.4. The molecule has 5 heteroatoms. The van der Waals surface area contributed by atoms with Crippen molar-refractivity contribution < 1.29 is 9.50 Å². The molecule has 0 unspecified atom stereocenters. The molecule has 0 spiro atoms. The van der Waals surface area contributed by atoms with E-state index in [9.17, 15) is 14.3 Å². The van der Waals surface area contributed by atoms with Gasteiger partial charge in [-0.1, -0.05) is 32.0 Å². The Labute approximate surface area is 126 Å². The lowest BCUT2D eigenvalue weighted by Crippen LogP contribution is -2.10. The van der Waals surface area contributed by atoms with Gasteiger partial charge in [0.25, 0.3) is 5.56 Å². The zero-order valence-electron chi connectivity index (χ0n) is 12.2. The fourth-order valence-electron chi connectivity index (χ4n) is 2.50. The van der Waals surface area contributed by atoms with E-state index in [1.165, 1.54) is 6.07 Å². The normalized spacial score (nSPS) is 11.3. The van der Waals surface area contributed by atoms with Crippen molar-refractivity contribution in [1.82, 2.24) is 9.97 Å². The van der Waals surface area contributed by atoms with E-state index < -0.39 is 11.4 Å². The molecule has 4 nitrogen and oxygen atoms in total. The molecule has 22 heavy (non-hydrogen) atoms. The van der Waals surface area contributed by atoms with Crippen LogP contribution in [0.5, 0.6) is 5.75 Å². The Morgan fingerprint density at radius 3 is 2.73 bits per heavy atom. The molecule has 1 aromatic carbocycles. The summed E-state index contributed by atoms with van der Waals surface area (Å²) in [7, 11) is 0. The summed E-state index contributed by atoms with van der Waals surface area (Å²) in [5, 5.41) is 10.7. The van der Waals surface area contributed by atoms with Gasteiger partial charge in [-0.05, 0) is 18.1 Å². The third-order valence-electron chi connectivity index (χ3n) is 3.59. The fourth-order valence-corrected chi connectivity index (χ4v) is 2.50. The molecule has 3 aromatic rings. The molecule has 0 bridgehead atoms. The molecule has 0 fully saturated rings. The van der Waals surface area contributed by atoms with Crippen molar-refractivity contribution in [2.45, 2.75) is 19.8 Å². The lowest BCUT2D eigenvalue weighted by molar-refractivity contribution is 0.460. The molecule has 0 saturated carbocycles. The maximum Gasteiger partial charge on any atom is 0.284 e. The number of para-hydroxylation sites is 1. The Balaban J connectivity index is 2.24.